The normalized spacial score (nSPS) is 27.0. The Labute approximate surface area is 382 Å². The van der Waals surface area contributed by atoms with Crippen molar-refractivity contribution in [3.05, 3.63) is 11.8 Å². The van der Waals surface area contributed by atoms with Crippen molar-refractivity contribution in [1.82, 2.24) is 4.72 Å². The SMILES string of the molecule is CC(C)(C)C(=O)O[C@H]1O[C@H](COS(=O)(=O)[O-])[C@@H](O[C@@H]2OC(C(=O)[O-])=C[C@H](OC(=O)C(C)(C)C)[C@H]2OS(=O)(=O)[O-])[C@H](O)[C@H]1NS(=O)(=O)[O-].[Na+].[Na+].[Na+].[Na+]. The van der Waals surface area contributed by atoms with Gasteiger partial charge in [0.25, 0.3) is 0 Å². The van der Waals surface area contributed by atoms with Crippen molar-refractivity contribution in [2.75, 3.05) is 6.61 Å². The number of ether oxygens (including phenoxy) is 5. The predicted molar refractivity (Wildman–Crippen MR) is 139 cm³/mol. The number of carbonyl (C=O) groups excluding carboxylic acids is 3. The molecule has 0 amide bonds. The van der Waals surface area contributed by atoms with E-state index in [1.807, 2.05) is 0 Å². The number of rotatable bonds is 12. The summed E-state index contributed by atoms with van der Waals surface area (Å²) in [5.41, 5.74) is -2.66. The van der Waals surface area contributed by atoms with Gasteiger partial charge in [-0.3, -0.25) is 18.0 Å². The van der Waals surface area contributed by atoms with Gasteiger partial charge in [-0.2, -0.15) is 0 Å². The predicted octanol–water partition coefficient (Wildman–Crippen LogP) is -16.2. The second kappa shape index (κ2) is 21.8. The fourth-order valence-electron chi connectivity index (χ4n) is 3.69. The smallest absolute Gasteiger partial charge is 0.735 e. The van der Waals surface area contributed by atoms with E-state index >= 15 is 0 Å². The number of carboxylic acid groups (broad SMARTS) is 1. The Morgan fingerprint density at radius 3 is 1.73 bits per heavy atom. The van der Waals surface area contributed by atoms with Gasteiger partial charge in [-0.1, -0.05) is 0 Å². The van der Waals surface area contributed by atoms with Gasteiger partial charge in [-0.25, -0.2) is 30.0 Å². The Morgan fingerprint density at radius 1 is 0.824 bits per heavy atom. The van der Waals surface area contributed by atoms with Crippen LogP contribution in [-0.4, -0.2) is 118 Å². The number of aliphatic hydroxyl groups is 1. The molecule has 0 aliphatic carbocycles. The summed E-state index contributed by atoms with van der Waals surface area (Å²) in [6, 6.07) is -2.31. The molecule has 2 aliphatic rings. The molecule has 0 saturated carbocycles. The molecule has 2 N–H and O–H groups in total. The Balaban J connectivity index is -0.00000576. The molecule has 1 fully saturated rings. The van der Waals surface area contributed by atoms with Crippen LogP contribution in [0.25, 0.3) is 0 Å². The van der Waals surface area contributed by atoms with E-state index in [-0.39, 0.29) is 118 Å². The number of hydrogen-bond acceptors (Lipinski definition) is 21. The average molecular weight is 834 g/mol. The number of nitrogens with one attached hydrogen (secondary N) is 1. The quantitative estimate of drug-likeness (QED) is 0.0798. The van der Waals surface area contributed by atoms with E-state index in [9.17, 15) is 63.5 Å². The molecule has 1 saturated heterocycles. The molecule has 0 spiro atoms. The molecule has 2 aliphatic heterocycles. The minimum absolute atomic E-state index is 0. The summed E-state index contributed by atoms with van der Waals surface area (Å²) < 4.78 is 139. The molecule has 0 bridgehead atoms. The van der Waals surface area contributed by atoms with Crippen LogP contribution in [0.5, 0.6) is 0 Å². The maximum Gasteiger partial charge on any atom is 1.00 e. The zero-order valence-electron chi connectivity index (χ0n) is 29.2. The summed E-state index contributed by atoms with van der Waals surface area (Å²) in [7, 11) is -16.9. The van der Waals surface area contributed by atoms with Gasteiger partial charge in [-0.15, -0.1) is 0 Å². The second-order valence-electron chi connectivity index (χ2n) is 12.0. The van der Waals surface area contributed by atoms with Gasteiger partial charge in [0.05, 0.1) is 17.4 Å². The molecule has 51 heavy (non-hydrogen) atoms. The fourth-order valence-corrected chi connectivity index (χ4v) is 5.05. The summed E-state index contributed by atoms with van der Waals surface area (Å²) >= 11 is 0. The van der Waals surface area contributed by atoms with Crippen molar-refractivity contribution in [3.63, 3.8) is 0 Å². The molecule has 22 nitrogen and oxygen atoms in total. The number of aliphatic hydroxyl groups excluding tert-OH is 1. The molecule has 0 aromatic rings. The van der Waals surface area contributed by atoms with Crippen molar-refractivity contribution in [2.24, 2.45) is 10.8 Å². The van der Waals surface area contributed by atoms with Crippen LogP contribution in [0.3, 0.4) is 0 Å². The summed E-state index contributed by atoms with van der Waals surface area (Å²) in [5, 5.41) is 22.9. The van der Waals surface area contributed by atoms with Crippen molar-refractivity contribution in [1.29, 1.82) is 0 Å². The van der Waals surface area contributed by atoms with Gasteiger partial charge in [0.1, 0.15) is 36.1 Å². The first-order valence-electron chi connectivity index (χ1n) is 13.0. The zero-order chi connectivity index (χ0) is 36.5. The molecule has 8 atom stereocenters. The van der Waals surface area contributed by atoms with Crippen LogP contribution in [0.2, 0.25) is 0 Å². The third kappa shape index (κ3) is 19.0. The van der Waals surface area contributed by atoms with E-state index in [0.29, 0.717) is 6.08 Å². The Kier molecular flexibility index (Phi) is 24.3. The Morgan fingerprint density at radius 2 is 1.31 bits per heavy atom. The minimum atomic E-state index is -5.79. The number of carboxylic acids is 1. The van der Waals surface area contributed by atoms with Crippen molar-refractivity contribution in [3.8, 4) is 0 Å². The van der Waals surface area contributed by atoms with Gasteiger partial charge < -0.3 is 52.4 Å². The molecular formula is C22H31NNa4O21S3. The van der Waals surface area contributed by atoms with Crippen LogP contribution in [0.15, 0.2) is 11.8 Å². The zero-order valence-corrected chi connectivity index (χ0v) is 39.7. The number of esters is 2. The molecular weight excluding hydrogens is 802 g/mol. The molecule has 0 aromatic heterocycles. The number of carbonyl (C=O) groups is 3. The maximum absolute atomic E-state index is 12.6. The molecule has 272 valence electrons. The maximum atomic E-state index is 12.6. The first kappa shape index (κ1) is 56.8. The van der Waals surface area contributed by atoms with Crippen molar-refractivity contribution >= 4 is 49.0 Å². The molecule has 0 radical (unpaired) electrons. The van der Waals surface area contributed by atoms with Crippen LogP contribution in [0.4, 0.5) is 0 Å². The molecule has 0 unspecified atom stereocenters. The van der Waals surface area contributed by atoms with Crippen molar-refractivity contribution < 1.29 is 214 Å². The summed E-state index contributed by atoms with van der Waals surface area (Å²) in [5.74, 6) is -5.60. The minimum Gasteiger partial charge on any atom is -0.735 e. The van der Waals surface area contributed by atoms with Gasteiger partial charge >= 0.3 is 130 Å². The third-order valence-corrected chi connectivity index (χ3v) is 7.34. The molecule has 2 heterocycles. The number of hydrogen-bond donors (Lipinski definition) is 2. The first-order valence-corrected chi connectivity index (χ1v) is 17.0. The van der Waals surface area contributed by atoms with Crippen LogP contribution in [-0.2, 0) is 77.5 Å². The van der Waals surface area contributed by atoms with Crippen LogP contribution in [0.1, 0.15) is 41.5 Å². The summed E-state index contributed by atoms with van der Waals surface area (Å²) in [6.07, 6.45) is -16.0. The van der Waals surface area contributed by atoms with E-state index in [0.717, 1.165) is 0 Å². The van der Waals surface area contributed by atoms with Crippen molar-refractivity contribution in [2.45, 2.75) is 90.7 Å². The van der Waals surface area contributed by atoms with Crippen LogP contribution < -0.4 is 128 Å². The standard InChI is InChI=1S/C22H35NO21S3.4Na/c1-21(2,3)19(27)41-9-7-10(16(25)26)39-18(15(9)44-47(35,36)37)42-14-11(8-38-46(32,33)34)40-17(43-20(28)22(4,5)6)12(13(14)24)23-45(29,30)31;;;;/h7,9,11-15,17-18,23-24H,8H2,1-6H3,(H,25,26)(H,29,30,31)(H,32,33,34)(H,35,36,37);;;;/q;4*+1/p-4/t9-,11+,12+,13+,14+,15+,17+,18-;;;;/m0..../s1. The molecule has 29 heteroatoms. The van der Waals surface area contributed by atoms with Gasteiger partial charge in [0.2, 0.25) is 33.4 Å². The molecule has 2 rings (SSSR count). The van der Waals surface area contributed by atoms with E-state index in [4.69, 9.17) is 23.7 Å². The van der Waals surface area contributed by atoms with Gasteiger partial charge in [0.15, 0.2) is 22.5 Å². The van der Waals surface area contributed by atoms with E-state index in [1.165, 1.54) is 46.3 Å². The third-order valence-electron chi connectivity index (χ3n) is 5.89. The largest absolute Gasteiger partial charge is 1.00 e. The fraction of sp³-hybridized carbons (Fsp3) is 0.773. The van der Waals surface area contributed by atoms with Crippen LogP contribution >= 0.6 is 0 Å². The monoisotopic (exact) mass is 833 g/mol. The molecule has 0 aromatic carbocycles. The topological polar surface area (TPSA) is 343 Å². The Hall–Kier alpha value is 1.44. The van der Waals surface area contributed by atoms with Gasteiger partial charge in [-0.05, 0) is 41.5 Å². The average Bonchev–Trinajstić information content (AvgIpc) is 2.85. The second-order valence-corrected chi connectivity index (χ2v) is 15.2. The van der Waals surface area contributed by atoms with E-state index < -0.39 is 121 Å². The van der Waals surface area contributed by atoms with E-state index in [1.54, 1.807) is 0 Å². The van der Waals surface area contributed by atoms with E-state index in [2.05, 4.69) is 8.37 Å². The first-order chi connectivity index (χ1) is 21.0. The van der Waals surface area contributed by atoms with Gasteiger partial charge in [0, 0.05) is 6.08 Å². The number of aliphatic carboxylic acids is 1. The Bertz CT molecular complexity index is 1560. The summed E-state index contributed by atoms with van der Waals surface area (Å²) in [4.78, 5) is 36.9. The van der Waals surface area contributed by atoms with Crippen LogP contribution in [0, 0.1) is 10.8 Å². The summed E-state index contributed by atoms with van der Waals surface area (Å²) in [6.45, 7) is 6.55.